The molecular weight excluding hydrogens is 404 g/mol. The van der Waals surface area contributed by atoms with Crippen LogP contribution < -0.4 is 10.9 Å². The summed E-state index contributed by atoms with van der Waals surface area (Å²) in [5.74, 6) is 1.06. The zero-order valence-electron chi connectivity index (χ0n) is 15.3. The van der Waals surface area contributed by atoms with Gasteiger partial charge in [-0.15, -0.1) is 22.0 Å². The van der Waals surface area contributed by atoms with Crippen LogP contribution in [0.3, 0.4) is 0 Å². The Balaban J connectivity index is 1.58. The minimum absolute atomic E-state index is 0.145. The van der Waals surface area contributed by atoms with Gasteiger partial charge in [0.25, 0.3) is 5.56 Å². The summed E-state index contributed by atoms with van der Waals surface area (Å²) in [6, 6.07) is 1.48. The molecule has 0 radical (unpaired) electrons. The highest BCUT2D eigenvalue weighted by Crippen LogP contribution is 2.18. The van der Waals surface area contributed by atoms with Gasteiger partial charge in [-0.2, -0.15) is 9.61 Å². The molecule has 1 amide bonds. The molecule has 144 valence electrons. The lowest BCUT2D eigenvalue weighted by Crippen LogP contribution is -2.16. The standard InChI is InChI=1S/C16H20N6O2S3/c1-4-12-19-20-15(26-12)18-11(23)8-25-7-10-6-14(24)22-16(17-10)27-13(21-22)5-9(2)3/h6,9H,4-5,7-8H2,1-3H3,(H,18,20,23). The number of nitrogens with one attached hydrogen (secondary N) is 1. The third kappa shape index (κ3) is 5.33. The number of fused-ring (bicyclic) bond motifs is 1. The van der Waals surface area contributed by atoms with E-state index in [0.717, 1.165) is 22.9 Å². The first-order chi connectivity index (χ1) is 12.9. The molecule has 27 heavy (non-hydrogen) atoms. The van der Waals surface area contributed by atoms with Crippen LogP contribution in [0.4, 0.5) is 5.13 Å². The van der Waals surface area contributed by atoms with Crippen molar-refractivity contribution in [3.05, 3.63) is 32.1 Å². The molecular formula is C16H20N6O2S3. The van der Waals surface area contributed by atoms with Crippen LogP contribution >= 0.6 is 34.4 Å². The summed E-state index contributed by atoms with van der Waals surface area (Å²) < 4.78 is 1.35. The number of nitrogens with zero attached hydrogens (tertiary/aromatic N) is 5. The number of rotatable bonds is 8. The fourth-order valence-corrected chi connectivity index (χ4v) is 4.79. The topological polar surface area (TPSA) is 102 Å². The number of aryl methyl sites for hydroxylation is 1. The summed E-state index contributed by atoms with van der Waals surface area (Å²) in [7, 11) is 0. The minimum Gasteiger partial charge on any atom is -0.300 e. The zero-order chi connectivity index (χ0) is 19.4. The monoisotopic (exact) mass is 424 g/mol. The predicted molar refractivity (Wildman–Crippen MR) is 110 cm³/mol. The summed E-state index contributed by atoms with van der Waals surface area (Å²) in [6.45, 7) is 6.21. The second-order valence-electron chi connectivity index (χ2n) is 6.27. The van der Waals surface area contributed by atoms with E-state index in [1.807, 2.05) is 6.92 Å². The van der Waals surface area contributed by atoms with Gasteiger partial charge in [0, 0.05) is 18.2 Å². The van der Waals surface area contributed by atoms with Gasteiger partial charge in [-0.25, -0.2) is 4.98 Å². The van der Waals surface area contributed by atoms with Crippen LogP contribution in [0.1, 0.15) is 36.5 Å². The molecule has 0 aliphatic rings. The third-order valence-electron chi connectivity index (χ3n) is 3.42. The maximum Gasteiger partial charge on any atom is 0.275 e. The van der Waals surface area contributed by atoms with Crippen LogP contribution in [0.5, 0.6) is 0 Å². The Bertz CT molecular complexity index is 994. The third-order valence-corrected chi connectivity index (χ3v) is 6.30. The molecule has 0 saturated heterocycles. The molecule has 0 bridgehead atoms. The minimum atomic E-state index is -0.188. The summed E-state index contributed by atoms with van der Waals surface area (Å²) >= 11 is 4.21. The lowest BCUT2D eigenvalue weighted by molar-refractivity contribution is -0.113. The van der Waals surface area contributed by atoms with Crippen molar-refractivity contribution in [1.29, 1.82) is 0 Å². The van der Waals surface area contributed by atoms with Gasteiger partial charge in [0.1, 0.15) is 10.0 Å². The average Bonchev–Trinajstić information content (AvgIpc) is 3.21. The van der Waals surface area contributed by atoms with Crippen LogP contribution in [0.25, 0.3) is 4.96 Å². The number of carbonyl (C=O) groups is 1. The van der Waals surface area contributed by atoms with Gasteiger partial charge in [-0.3, -0.25) is 14.9 Å². The summed E-state index contributed by atoms with van der Waals surface area (Å²) in [4.78, 5) is 29.3. The van der Waals surface area contributed by atoms with E-state index in [2.05, 4.69) is 39.4 Å². The number of amides is 1. The Morgan fingerprint density at radius 1 is 1.30 bits per heavy atom. The van der Waals surface area contributed by atoms with Crippen molar-refractivity contribution in [2.24, 2.45) is 5.92 Å². The van der Waals surface area contributed by atoms with Crippen molar-refractivity contribution in [1.82, 2.24) is 24.8 Å². The molecule has 0 saturated carbocycles. The Morgan fingerprint density at radius 2 is 2.11 bits per heavy atom. The van der Waals surface area contributed by atoms with Crippen LogP contribution in [0.15, 0.2) is 10.9 Å². The van der Waals surface area contributed by atoms with E-state index < -0.39 is 0 Å². The van der Waals surface area contributed by atoms with Crippen LogP contribution in [0, 0.1) is 5.92 Å². The van der Waals surface area contributed by atoms with E-state index in [4.69, 9.17) is 0 Å². The Labute approximate surface area is 168 Å². The number of anilines is 1. The molecule has 1 N–H and O–H groups in total. The quantitative estimate of drug-likeness (QED) is 0.593. The van der Waals surface area contributed by atoms with E-state index >= 15 is 0 Å². The molecule has 0 unspecified atom stereocenters. The van der Waals surface area contributed by atoms with Crippen LogP contribution in [-0.4, -0.2) is 36.5 Å². The van der Waals surface area contributed by atoms with Gasteiger partial charge in [-0.1, -0.05) is 43.4 Å². The summed E-state index contributed by atoms with van der Waals surface area (Å²) in [5.41, 5.74) is 0.467. The van der Waals surface area contributed by atoms with E-state index in [0.29, 0.717) is 27.5 Å². The molecule has 0 atom stereocenters. The van der Waals surface area contributed by atoms with Crippen molar-refractivity contribution < 1.29 is 4.79 Å². The van der Waals surface area contributed by atoms with Gasteiger partial charge < -0.3 is 0 Å². The number of hydrogen-bond donors (Lipinski definition) is 1. The molecule has 3 aromatic heterocycles. The molecule has 0 aliphatic heterocycles. The first-order valence-corrected chi connectivity index (χ1v) is 11.3. The normalized spacial score (nSPS) is 11.4. The molecule has 3 heterocycles. The largest absolute Gasteiger partial charge is 0.300 e. The van der Waals surface area contributed by atoms with Crippen molar-refractivity contribution in [3.63, 3.8) is 0 Å². The van der Waals surface area contributed by atoms with Crippen molar-refractivity contribution in [2.75, 3.05) is 11.1 Å². The summed E-state index contributed by atoms with van der Waals surface area (Å²) in [5, 5.41) is 17.3. The number of carbonyl (C=O) groups excluding carboxylic acids is 1. The van der Waals surface area contributed by atoms with E-state index in [-0.39, 0.29) is 17.2 Å². The number of aromatic nitrogens is 5. The Kier molecular flexibility index (Phi) is 6.55. The molecule has 3 rings (SSSR count). The fraction of sp³-hybridized carbons (Fsp3) is 0.500. The SMILES string of the molecule is CCc1nnc(NC(=O)CSCc2cc(=O)n3nc(CC(C)C)sc3n2)s1. The highest BCUT2D eigenvalue weighted by Gasteiger charge is 2.12. The highest BCUT2D eigenvalue weighted by atomic mass is 32.2. The maximum absolute atomic E-state index is 12.2. The van der Waals surface area contributed by atoms with Crippen molar-refractivity contribution in [2.45, 2.75) is 39.4 Å². The van der Waals surface area contributed by atoms with E-state index in [9.17, 15) is 9.59 Å². The molecule has 3 aromatic rings. The molecule has 11 heteroatoms. The average molecular weight is 425 g/mol. The maximum atomic E-state index is 12.2. The van der Waals surface area contributed by atoms with Gasteiger partial charge in [-0.05, 0) is 12.3 Å². The van der Waals surface area contributed by atoms with Gasteiger partial charge in [0.05, 0.1) is 11.4 Å². The van der Waals surface area contributed by atoms with Crippen molar-refractivity contribution in [3.8, 4) is 0 Å². The van der Waals surface area contributed by atoms with Crippen LogP contribution in [-0.2, 0) is 23.4 Å². The van der Waals surface area contributed by atoms with E-state index in [1.165, 1.54) is 45.0 Å². The highest BCUT2D eigenvalue weighted by molar-refractivity contribution is 7.99. The molecule has 0 aromatic carbocycles. The van der Waals surface area contributed by atoms with Crippen LogP contribution in [0.2, 0.25) is 0 Å². The zero-order valence-corrected chi connectivity index (χ0v) is 17.7. The van der Waals surface area contributed by atoms with Gasteiger partial charge in [0.15, 0.2) is 0 Å². The molecule has 0 spiro atoms. The molecule has 0 fully saturated rings. The van der Waals surface area contributed by atoms with Gasteiger partial charge in [0.2, 0.25) is 16.0 Å². The fourth-order valence-electron chi connectivity index (χ4n) is 2.25. The molecule has 8 nitrogen and oxygen atoms in total. The molecule has 0 aliphatic carbocycles. The number of hydrogen-bond acceptors (Lipinski definition) is 9. The lowest BCUT2D eigenvalue weighted by atomic mass is 10.1. The number of thioether (sulfide) groups is 1. The smallest absolute Gasteiger partial charge is 0.275 e. The Hall–Kier alpha value is -1.85. The second-order valence-corrected chi connectivity index (χ2v) is 9.36. The van der Waals surface area contributed by atoms with Gasteiger partial charge >= 0.3 is 0 Å². The lowest BCUT2D eigenvalue weighted by Gasteiger charge is -2.01. The predicted octanol–water partition coefficient (Wildman–Crippen LogP) is 2.64. The Morgan fingerprint density at radius 3 is 2.81 bits per heavy atom. The first kappa shape index (κ1) is 19.9. The van der Waals surface area contributed by atoms with E-state index in [1.54, 1.807) is 0 Å². The summed E-state index contributed by atoms with van der Waals surface area (Å²) in [6.07, 6.45) is 1.62. The first-order valence-electron chi connectivity index (χ1n) is 8.53. The van der Waals surface area contributed by atoms with Crippen molar-refractivity contribution >= 4 is 50.4 Å². The second kappa shape index (κ2) is 8.89.